The monoisotopic (exact) mass is 232 g/mol. The highest BCUT2D eigenvalue weighted by Crippen LogP contribution is 2.15. The minimum atomic E-state index is -0.0438. The van der Waals surface area contributed by atoms with Gasteiger partial charge >= 0.3 is 0 Å². The molecular weight excluding hydrogens is 216 g/mol. The molecule has 1 N–H and O–H groups in total. The summed E-state index contributed by atoms with van der Waals surface area (Å²) in [5.41, 5.74) is 2.13. The molecule has 16 heavy (non-hydrogen) atoms. The zero-order chi connectivity index (χ0) is 11.8. The first-order chi connectivity index (χ1) is 7.81. The van der Waals surface area contributed by atoms with E-state index in [2.05, 4.69) is 11.4 Å². The van der Waals surface area contributed by atoms with E-state index in [4.69, 9.17) is 5.26 Å². The van der Waals surface area contributed by atoms with Crippen molar-refractivity contribution in [3.05, 3.63) is 42.0 Å². The topological polar surface area (TPSA) is 35.8 Å². The van der Waals surface area contributed by atoms with E-state index in [0.29, 0.717) is 0 Å². The number of nitrogens with zero attached hydrogens (tertiary/aromatic N) is 1. The Bertz CT molecular complexity index is 379. The second kappa shape index (κ2) is 6.97. The summed E-state index contributed by atoms with van der Waals surface area (Å²) in [6, 6.07) is 12.4. The lowest BCUT2D eigenvalue weighted by atomic mass is 10.1. The van der Waals surface area contributed by atoms with Crippen LogP contribution in [0.5, 0.6) is 0 Å². The molecule has 0 saturated carbocycles. The van der Waals surface area contributed by atoms with Crippen LogP contribution in [-0.4, -0.2) is 19.1 Å². The Balaban J connectivity index is 2.90. The number of hydrogen-bond donors (Lipinski definition) is 1. The van der Waals surface area contributed by atoms with Crippen molar-refractivity contribution in [3.8, 4) is 6.07 Å². The maximum atomic E-state index is 9.01. The number of allylic oxidation sites excluding steroid dienone is 1. The van der Waals surface area contributed by atoms with Crippen LogP contribution in [-0.2, 0) is 0 Å². The largest absolute Gasteiger partial charge is 0.388 e. The SMILES string of the molecule is CN/C(=C\C(C#N)CSC)c1ccccc1. The van der Waals surface area contributed by atoms with Crippen LogP contribution < -0.4 is 5.32 Å². The molecule has 84 valence electrons. The molecule has 0 heterocycles. The molecule has 0 amide bonds. The average molecular weight is 232 g/mol. The van der Waals surface area contributed by atoms with Crippen molar-refractivity contribution in [2.24, 2.45) is 5.92 Å². The van der Waals surface area contributed by atoms with Gasteiger partial charge in [0.2, 0.25) is 0 Å². The molecule has 1 aromatic rings. The predicted molar refractivity (Wildman–Crippen MR) is 71.0 cm³/mol. The molecule has 0 spiro atoms. The summed E-state index contributed by atoms with van der Waals surface area (Å²) in [4.78, 5) is 0. The number of nitrogens with one attached hydrogen (secondary N) is 1. The summed E-state index contributed by atoms with van der Waals surface area (Å²) in [6.07, 6.45) is 4.01. The van der Waals surface area contributed by atoms with Crippen LogP contribution in [0, 0.1) is 17.2 Å². The first-order valence-corrected chi connectivity index (χ1v) is 6.54. The molecule has 0 fully saturated rings. The maximum absolute atomic E-state index is 9.01. The molecule has 1 rings (SSSR count). The molecule has 0 aromatic heterocycles. The van der Waals surface area contributed by atoms with E-state index < -0.39 is 0 Å². The van der Waals surface area contributed by atoms with Gasteiger partial charge in [-0.1, -0.05) is 30.3 Å². The highest BCUT2D eigenvalue weighted by atomic mass is 32.2. The van der Waals surface area contributed by atoms with Crippen molar-refractivity contribution in [1.29, 1.82) is 5.26 Å². The molecule has 0 saturated heterocycles. The van der Waals surface area contributed by atoms with Crippen LogP contribution in [0.15, 0.2) is 36.4 Å². The molecule has 1 atom stereocenters. The van der Waals surface area contributed by atoms with E-state index in [1.807, 2.05) is 49.7 Å². The third-order valence-corrected chi connectivity index (χ3v) is 2.93. The average Bonchev–Trinajstić information content (AvgIpc) is 2.35. The minimum Gasteiger partial charge on any atom is -0.388 e. The Morgan fingerprint density at radius 2 is 2.19 bits per heavy atom. The van der Waals surface area contributed by atoms with Gasteiger partial charge in [-0.15, -0.1) is 0 Å². The second-order valence-electron chi connectivity index (χ2n) is 3.39. The highest BCUT2D eigenvalue weighted by molar-refractivity contribution is 7.98. The fraction of sp³-hybridized carbons (Fsp3) is 0.308. The summed E-state index contributed by atoms with van der Waals surface area (Å²) in [5, 5.41) is 12.2. The van der Waals surface area contributed by atoms with Gasteiger partial charge < -0.3 is 5.32 Å². The lowest BCUT2D eigenvalue weighted by Crippen LogP contribution is -2.08. The summed E-state index contributed by atoms with van der Waals surface area (Å²) in [7, 11) is 1.88. The van der Waals surface area contributed by atoms with Gasteiger partial charge in [-0.05, 0) is 17.9 Å². The van der Waals surface area contributed by atoms with E-state index in [9.17, 15) is 0 Å². The van der Waals surface area contributed by atoms with Crippen molar-refractivity contribution in [1.82, 2.24) is 5.32 Å². The fourth-order valence-electron chi connectivity index (χ4n) is 1.44. The second-order valence-corrected chi connectivity index (χ2v) is 4.30. The molecule has 1 unspecified atom stereocenters. The minimum absolute atomic E-state index is 0.0438. The van der Waals surface area contributed by atoms with E-state index in [0.717, 1.165) is 17.0 Å². The molecule has 2 nitrogen and oxygen atoms in total. The molecule has 0 aliphatic carbocycles. The molecule has 0 aliphatic heterocycles. The van der Waals surface area contributed by atoms with Gasteiger partial charge in [-0.3, -0.25) is 0 Å². The third kappa shape index (κ3) is 3.63. The van der Waals surface area contributed by atoms with Gasteiger partial charge in [0.15, 0.2) is 0 Å². The Morgan fingerprint density at radius 1 is 1.50 bits per heavy atom. The number of benzene rings is 1. The first kappa shape index (κ1) is 12.7. The van der Waals surface area contributed by atoms with Crippen molar-refractivity contribution in [2.75, 3.05) is 19.1 Å². The van der Waals surface area contributed by atoms with E-state index in [1.54, 1.807) is 11.8 Å². The third-order valence-electron chi connectivity index (χ3n) is 2.23. The zero-order valence-electron chi connectivity index (χ0n) is 9.60. The van der Waals surface area contributed by atoms with Crippen LogP contribution in [0.3, 0.4) is 0 Å². The van der Waals surface area contributed by atoms with Crippen LogP contribution in [0.25, 0.3) is 5.70 Å². The maximum Gasteiger partial charge on any atom is 0.0756 e. The molecule has 0 bridgehead atoms. The molecule has 0 radical (unpaired) electrons. The summed E-state index contributed by atoms with van der Waals surface area (Å²) in [5.74, 6) is 0.784. The fourth-order valence-corrected chi connectivity index (χ4v) is 1.97. The quantitative estimate of drug-likeness (QED) is 0.848. The van der Waals surface area contributed by atoms with Gasteiger partial charge in [-0.25, -0.2) is 0 Å². The van der Waals surface area contributed by atoms with Crippen LogP contribution in [0.4, 0.5) is 0 Å². The van der Waals surface area contributed by atoms with Gasteiger partial charge in [0, 0.05) is 18.5 Å². The van der Waals surface area contributed by atoms with E-state index in [-0.39, 0.29) is 5.92 Å². The smallest absolute Gasteiger partial charge is 0.0756 e. The van der Waals surface area contributed by atoms with Crippen molar-refractivity contribution < 1.29 is 0 Å². The van der Waals surface area contributed by atoms with Gasteiger partial charge in [0.25, 0.3) is 0 Å². The zero-order valence-corrected chi connectivity index (χ0v) is 10.4. The summed E-state index contributed by atoms with van der Waals surface area (Å²) >= 11 is 1.69. The van der Waals surface area contributed by atoms with E-state index in [1.165, 1.54) is 0 Å². The van der Waals surface area contributed by atoms with Crippen molar-refractivity contribution in [2.45, 2.75) is 0 Å². The number of thioether (sulfide) groups is 1. The molecular formula is C13H16N2S. The lowest BCUT2D eigenvalue weighted by Gasteiger charge is -2.09. The molecule has 1 aromatic carbocycles. The molecule has 0 aliphatic rings. The Hall–Kier alpha value is -1.40. The number of nitriles is 1. The standard InChI is InChI=1S/C13H16N2S/c1-15-13(8-11(9-14)10-16-2)12-6-4-3-5-7-12/h3-8,11,15H,10H2,1-2H3/b13-8-. The van der Waals surface area contributed by atoms with Gasteiger partial charge in [-0.2, -0.15) is 17.0 Å². The molecule has 3 heteroatoms. The lowest BCUT2D eigenvalue weighted by molar-refractivity contribution is 0.959. The normalized spacial score (nSPS) is 12.9. The summed E-state index contributed by atoms with van der Waals surface area (Å²) < 4.78 is 0. The number of rotatable bonds is 5. The van der Waals surface area contributed by atoms with Gasteiger partial charge in [0.05, 0.1) is 12.0 Å². The van der Waals surface area contributed by atoms with Crippen molar-refractivity contribution >= 4 is 17.5 Å². The number of hydrogen-bond acceptors (Lipinski definition) is 3. The van der Waals surface area contributed by atoms with Crippen molar-refractivity contribution in [3.63, 3.8) is 0 Å². The van der Waals surface area contributed by atoms with Crippen LogP contribution in [0.2, 0.25) is 0 Å². The van der Waals surface area contributed by atoms with E-state index >= 15 is 0 Å². The summed E-state index contributed by atoms with van der Waals surface area (Å²) in [6.45, 7) is 0. The van der Waals surface area contributed by atoms with Gasteiger partial charge in [0.1, 0.15) is 0 Å². The first-order valence-electron chi connectivity index (χ1n) is 5.15. The van der Waals surface area contributed by atoms with Crippen LogP contribution in [0.1, 0.15) is 5.56 Å². The van der Waals surface area contributed by atoms with Crippen LogP contribution >= 0.6 is 11.8 Å². The Kier molecular flexibility index (Phi) is 5.52. The predicted octanol–water partition coefficient (Wildman–Crippen LogP) is 2.75. The Labute approximate surface area is 101 Å². The Morgan fingerprint density at radius 3 is 2.69 bits per heavy atom. The highest BCUT2D eigenvalue weighted by Gasteiger charge is 2.05.